The Morgan fingerprint density at radius 2 is 1.88 bits per heavy atom. The second-order valence-corrected chi connectivity index (χ2v) is 5.41. The van der Waals surface area contributed by atoms with Gasteiger partial charge in [-0.1, -0.05) is 13.8 Å². The van der Waals surface area contributed by atoms with Crippen LogP contribution < -0.4 is 5.32 Å². The number of nitrogens with one attached hydrogen (secondary N) is 1. The van der Waals surface area contributed by atoms with Crippen molar-refractivity contribution in [3.05, 3.63) is 0 Å². The molecule has 2 N–H and O–H groups in total. The molecule has 0 fully saturated rings. The second kappa shape index (κ2) is 6.36. The second-order valence-electron chi connectivity index (χ2n) is 5.41. The summed E-state index contributed by atoms with van der Waals surface area (Å²) in [5.41, 5.74) is -1.12. The summed E-state index contributed by atoms with van der Waals surface area (Å²) in [6.45, 7) is 12.3. The highest BCUT2D eigenvalue weighted by Gasteiger charge is 2.35. The van der Waals surface area contributed by atoms with Crippen LogP contribution in [0.25, 0.3) is 0 Å². The van der Waals surface area contributed by atoms with E-state index in [2.05, 4.69) is 12.2 Å². The summed E-state index contributed by atoms with van der Waals surface area (Å²) in [6, 6.07) is 0. The number of aliphatic carboxylic acids is 1. The summed E-state index contributed by atoms with van der Waals surface area (Å²) in [5, 5.41) is 12.3. The Balaban J connectivity index is 4.52. The standard InChI is InChI=1S/C13H27NO3/c1-7-12(4,5)17-10(3)9-13(6,11(15)16)14-8-2/h10,14H,7-9H2,1-6H3,(H,15,16). The van der Waals surface area contributed by atoms with Crippen LogP contribution in [0.1, 0.15) is 54.4 Å². The van der Waals surface area contributed by atoms with E-state index in [9.17, 15) is 9.90 Å². The molecular formula is C13H27NO3. The van der Waals surface area contributed by atoms with Crippen molar-refractivity contribution in [3.63, 3.8) is 0 Å². The summed E-state index contributed by atoms with van der Waals surface area (Å²) in [6.07, 6.45) is 1.27. The van der Waals surface area contributed by atoms with E-state index >= 15 is 0 Å². The normalized spacial score (nSPS) is 17.5. The highest BCUT2D eigenvalue weighted by molar-refractivity contribution is 5.78. The van der Waals surface area contributed by atoms with Crippen molar-refractivity contribution in [2.45, 2.75) is 71.6 Å². The molecule has 4 nitrogen and oxygen atoms in total. The minimum Gasteiger partial charge on any atom is -0.480 e. The molecule has 0 saturated heterocycles. The van der Waals surface area contributed by atoms with E-state index in [0.717, 1.165) is 6.42 Å². The minimum atomic E-state index is -0.919. The first-order valence-corrected chi connectivity index (χ1v) is 6.33. The monoisotopic (exact) mass is 245 g/mol. The molecule has 2 unspecified atom stereocenters. The lowest BCUT2D eigenvalue weighted by atomic mass is 9.94. The number of carboxylic acids is 1. The van der Waals surface area contributed by atoms with Crippen molar-refractivity contribution < 1.29 is 14.6 Å². The fourth-order valence-corrected chi connectivity index (χ4v) is 1.87. The van der Waals surface area contributed by atoms with Crippen molar-refractivity contribution in [2.75, 3.05) is 6.54 Å². The predicted octanol–water partition coefficient (Wildman–Crippen LogP) is 2.42. The van der Waals surface area contributed by atoms with Gasteiger partial charge in [-0.25, -0.2) is 0 Å². The van der Waals surface area contributed by atoms with Crippen molar-refractivity contribution in [2.24, 2.45) is 0 Å². The van der Waals surface area contributed by atoms with Crippen LogP contribution in [0.2, 0.25) is 0 Å². The van der Waals surface area contributed by atoms with E-state index in [4.69, 9.17) is 4.74 Å². The van der Waals surface area contributed by atoms with Crippen LogP contribution in [0.4, 0.5) is 0 Å². The van der Waals surface area contributed by atoms with Crippen LogP contribution in [0.5, 0.6) is 0 Å². The van der Waals surface area contributed by atoms with Crippen molar-refractivity contribution >= 4 is 5.97 Å². The molecule has 0 radical (unpaired) electrons. The van der Waals surface area contributed by atoms with Crippen LogP contribution in [-0.2, 0) is 9.53 Å². The lowest BCUT2D eigenvalue weighted by Crippen LogP contribution is -2.52. The van der Waals surface area contributed by atoms with Gasteiger partial charge in [-0.3, -0.25) is 4.79 Å². The summed E-state index contributed by atoms with van der Waals surface area (Å²) >= 11 is 0. The van der Waals surface area contributed by atoms with Crippen molar-refractivity contribution in [1.82, 2.24) is 5.32 Å². The predicted molar refractivity (Wildman–Crippen MR) is 69.3 cm³/mol. The Hall–Kier alpha value is -0.610. The molecule has 102 valence electrons. The Bertz CT molecular complexity index is 253. The van der Waals surface area contributed by atoms with Crippen molar-refractivity contribution in [3.8, 4) is 0 Å². The maximum absolute atomic E-state index is 11.3. The van der Waals surface area contributed by atoms with Gasteiger partial charge >= 0.3 is 5.97 Å². The maximum Gasteiger partial charge on any atom is 0.323 e. The number of likely N-dealkylation sites (N-methyl/N-ethyl adjacent to an activating group) is 1. The molecule has 0 amide bonds. The summed E-state index contributed by atoms with van der Waals surface area (Å²) in [4.78, 5) is 11.3. The summed E-state index contributed by atoms with van der Waals surface area (Å²) < 4.78 is 5.88. The number of carboxylic acid groups (broad SMARTS) is 1. The van der Waals surface area contributed by atoms with Gasteiger partial charge in [0.25, 0.3) is 0 Å². The molecule has 0 aliphatic rings. The molecule has 0 bridgehead atoms. The lowest BCUT2D eigenvalue weighted by Gasteiger charge is -2.33. The highest BCUT2D eigenvalue weighted by Crippen LogP contribution is 2.22. The Morgan fingerprint density at radius 1 is 1.35 bits per heavy atom. The van der Waals surface area contributed by atoms with E-state index in [1.807, 2.05) is 27.7 Å². The minimum absolute atomic E-state index is 0.0925. The van der Waals surface area contributed by atoms with Crippen molar-refractivity contribution in [1.29, 1.82) is 0 Å². The third kappa shape index (κ3) is 5.50. The zero-order valence-electron chi connectivity index (χ0n) is 12.0. The van der Waals surface area contributed by atoms with Gasteiger partial charge in [-0.15, -0.1) is 0 Å². The van der Waals surface area contributed by atoms with E-state index in [1.165, 1.54) is 0 Å². The third-order valence-corrected chi connectivity index (χ3v) is 3.11. The van der Waals surface area contributed by atoms with E-state index in [-0.39, 0.29) is 11.7 Å². The molecule has 0 aliphatic carbocycles. The number of ether oxygens (including phenoxy) is 1. The third-order valence-electron chi connectivity index (χ3n) is 3.11. The zero-order valence-corrected chi connectivity index (χ0v) is 12.0. The van der Waals surface area contributed by atoms with Gasteiger partial charge in [0.1, 0.15) is 5.54 Å². The molecule has 0 aliphatic heterocycles. The molecule has 0 rings (SSSR count). The van der Waals surface area contributed by atoms with E-state index < -0.39 is 11.5 Å². The molecule has 0 aromatic heterocycles. The maximum atomic E-state index is 11.3. The van der Waals surface area contributed by atoms with Gasteiger partial charge in [-0.2, -0.15) is 0 Å². The van der Waals surface area contributed by atoms with Gasteiger partial charge < -0.3 is 15.2 Å². The van der Waals surface area contributed by atoms with E-state index in [0.29, 0.717) is 13.0 Å². The summed E-state index contributed by atoms with van der Waals surface area (Å²) in [5.74, 6) is -0.830. The first kappa shape index (κ1) is 16.4. The van der Waals surface area contributed by atoms with Crippen LogP contribution >= 0.6 is 0 Å². The van der Waals surface area contributed by atoms with Gasteiger partial charge in [-0.05, 0) is 40.7 Å². The molecular weight excluding hydrogens is 218 g/mol. The topological polar surface area (TPSA) is 58.6 Å². The molecule has 0 saturated carbocycles. The number of hydrogen-bond donors (Lipinski definition) is 2. The molecule has 17 heavy (non-hydrogen) atoms. The Morgan fingerprint density at radius 3 is 2.24 bits per heavy atom. The fraction of sp³-hybridized carbons (Fsp3) is 0.923. The van der Waals surface area contributed by atoms with Crippen LogP contribution in [0, 0.1) is 0 Å². The van der Waals surface area contributed by atoms with E-state index in [1.54, 1.807) is 6.92 Å². The molecule has 0 spiro atoms. The highest BCUT2D eigenvalue weighted by atomic mass is 16.5. The first-order valence-electron chi connectivity index (χ1n) is 6.33. The lowest BCUT2D eigenvalue weighted by molar-refractivity contribution is -0.147. The Kier molecular flexibility index (Phi) is 6.13. The zero-order chi connectivity index (χ0) is 13.7. The molecule has 2 atom stereocenters. The first-order chi connectivity index (χ1) is 7.67. The Labute approximate surface area is 105 Å². The molecule has 0 heterocycles. The molecule has 0 aromatic rings. The van der Waals surface area contributed by atoms with Gasteiger partial charge in [0.15, 0.2) is 0 Å². The summed E-state index contributed by atoms with van der Waals surface area (Å²) in [7, 11) is 0. The average Bonchev–Trinajstić information content (AvgIpc) is 2.16. The number of hydrogen-bond acceptors (Lipinski definition) is 3. The fourth-order valence-electron chi connectivity index (χ4n) is 1.87. The smallest absolute Gasteiger partial charge is 0.323 e. The van der Waals surface area contributed by atoms with Crippen LogP contribution in [-0.4, -0.2) is 34.9 Å². The number of carbonyl (C=O) groups is 1. The average molecular weight is 245 g/mol. The number of rotatable bonds is 8. The quantitative estimate of drug-likeness (QED) is 0.689. The van der Waals surface area contributed by atoms with Gasteiger partial charge in [0.2, 0.25) is 0 Å². The SMILES string of the molecule is CCNC(C)(CC(C)OC(C)(C)CC)C(=O)O. The van der Waals surface area contributed by atoms with Crippen LogP contribution in [0.3, 0.4) is 0 Å². The van der Waals surface area contributed by atoms with Gasteiger partial charge in [0.05, 0.1) is 11.7 Å². The van der Waals surface area contributed by atoms with Gasteiger partial charge in [0, 0.05) is 6.42 Å². The molecule has 4 heteroatoms. The molecule has 0 aromatic carbocycles. The largest absolute Gasteiger partial charge is 0.480 e. The van der Waals surface area contributed by atoms with Crippen LogP contribution in [0.15, 0.2) is 0 Å².